The summed E-state index contributed by atoms with van der Waals surface area (Å²) in [6, 6.07) is 9.12. The third-order valence-electron chi connectivity index (χ3n) is 5.91. The number of hydrogen-bond donors (Lipinski definition) is 1. The van der Waals surface area contributed by atoms with Gasteiger partial charge in [-0.2, -0.15) is 0 Å². The number of amides is 1. The SMILES string of the molecule is Cc1ccc(SCCNC(=O)CN2CCN(CC3CN(C(C)C)CCO3)CC2)cc1. The molecule has 1 aromatic rings. The van der Waals surface area contributed by atoms with E-state index in [4.69, 9.17) is 4.74 Å². The Balaban J connectivity index is 1.27. The van der Waals surface area contributed by atoms with Crippen molar-refractivity contribution in [1.82, 2.24) is 20.0 Å². The number of morpholine rings is 1. The Labute approximate surface area is 186 Å². The van der Waals surface area contributed by atoms with Crippen molar-refractivity contribution in [3.63, 3.8) is 0 Å². The molecule has 0 bridgehead atoms. The zero-order valence-corrected chi connectivity index (χ0v) is 19.6. The van der Waals surface area contributed by atoms with Crippen molar-refractivity contribution >= 4 is 17.7 Å². The van der Waals surface area contributed by atoms with Crippen LogP contribution >= 0.6 is 11.8 Å². The molecule has 0 radical (unpaired) electrons. The smallest absolute Gasteiger partial charge is 0.234 e. The molecule has 1 amide bonds. The van der Waals surface area contributed by atoms with Crippen LogP contribution in [0, 0.1) is 6.92 Å². The maximum absolute atomic E-state index is 12.3. The van der Waals surface area contributed by atoms with Gasteiger partial charge >= 0.3 is 0 Å². The number of ether oxygens (including phenoxy) is 1. The van der Waals surface area contributed by atoms with Gasteiger partial charge in [0.05, 0.1) is 19.3 Å². The molecule has 1 atom stereocenters. The van der Waals surface area contributed by atoms with E-state index in [0.717, 1.165) is 58.2 Å². The third kappa shape index (κ3) is 7.85. The summed E-state index contributed by atoms with van der Waals surface area (Å²) < 4.78 is 5.98. The molecule has 2 aliphatic rings. The van der Waals surface area contributed by atoms with E-state index in [-0.39, 0.29) is 5.91 Å². The third-order valence-corrected chi connectivity index (χ3v) is 6.92. The zero-order chi connectivity index (χ0) is 21.3. The molecule has 0 aliphatic carbocycles. The Morgan fingerprint density at radius 3 is 2.53 bits per heavy atom. The van der Waals surface area contributed by atoms with Gasteiger partial charge in [0.1, 0.15) is 0 Å². The van der Waals surface area contributed by atoms with E-state index in [0.29, 0.717) is 25.2 Å². The number of piperazine rings is 1. The van der Waals surface area contributed by atoms with Crippen molar-refractivity contribution in [3.8, 4) is 0 Å². The number of rotatable bonds is 9. The van der Waals surface area contributed by atoms with E-state index in [1.165, 1.54) is 10.5 Å². The fraction of sp³-hybridized carbons (Fsp3) is 0.696. The minimum atomic E-state index is 0.135. The molecule has 3 rings (SSSR count). The van der Waals surface area contributed by atoms with E-state index < -0.39 is 0 Å². The van der Waals surface area contributed by atoms with Crippen molar-refractivity contribution in [2.24, 2.45) is 0 Å². The lowest BCUT2D eigenvalue weighted by atomic mass is 10.2. The minimum Gasteiger partial charge on any atom is -0.374 e. The molecule has 2 aliphatic heterocycles. The highest BCUT2D eigenvalue weighted by Crippen LogP contribution is 2.17. The number of carbonyl (C=O) groups is 1. The van der Waals surface area contributed by atoms with Crippen molar-refractivity contribution < 1.29 is 9.53 Å². The number of nitrogens with one attached hydrogen (secondary N) is 1. The van der Waals surface area contributed by atoms with Crippen LogP contribution in [0.4, 0.5) is 0 Å². The zero-order valence-electron chi connectivity index (χ0n) is 18.8. The van der Waals surface area contributed by atoms with Crippen molar-refractivity contribution in [1.29, 1.82) is 0 Å². The highest BCUT2D eigenvalue weighted by molar-refractivity contribution is 7.99. The fourth-order valence-corrected chi connectivity index (χ4v) is 4.76. The minimum absolute atomic E-state index is 0.135. The van der Waals surface area contributed by atoms with Gasteiger partial charge in [0.2, 0.25) is 5.91 Å². The molecule has 1 unspecified atom stereocenters. The lowest BCUT2D eigenvalue weighted by molar-refractivity contribution is -0.122. The molecule has 0 spiro atoms. The van der Waals surface area contributed by atoms with Crippen LogP contribution in [-0.4, -0.2) is 104 Å². The van der Waals surface area contributed by atoms with Gasteiger partial charge in [0.15, 0.2) is 0 Å². The molecule has 2 heterocycles. The van der Waals surface area contributed by atoms with Crippen LogP contribution in [0.2, 0.25) is 0 Å². The summed E-state index contributed by atoms with van der Waals surface area (Å²) in [6.07, 6.45) is 0.307. The van der Waals surface area contributed by atoms with E-state index in [1.54, 1.807) is 11.8 Å². The monoisotopic (exact) mass is 434 g/mol. The van der Waals surface area contributed by atoms with Gasteiger partial charge in [-0.15, -0.1) is 11.8 Å². The summed E-state index contributed by atoms with van der Waals surface area (Å²) in [4.78, 5) is 20.8. The molecule has 2 fully saturated rings. The molecule has 30 heavy (non-hydrogen) atoms. The molecule has 2 saturated heterocycles. The summed E-state index contributed by atoms with van der Waals surface area (Å²) in [5.74, 6) is 1.04. The number of thioether (sulfide) groups is 1. The molecule has 0 aromatic heterocycles. The molecule has 1 N–H and O–H groups in total. The predicted octanol–water partition coefficient (Wildman–Crippen LogP) is 1.93. The fourth-order valence-electron chi connectivity index (χ4n) is 3.99. The Hall–Kier alpha value is -1.12. The maximum Gasteiger partial charge on any atom is 0.234 e. The van der Waals surface area contributed by atoms with E-state index in [9.17, 15) is 4.79 Å². The second kappa shape index (κ2) is 12.1. The van der Waals surface area contributed by atoms with Crippen LogP contribution < -0.4 is 5.32 Å². The van der Waals surface area contributed by atoms with E-state index in [1.807, 2.05) is 0 Å². The lowest BCUT2D eigenvalue weighted by Gasteiger charge is -2.40. The summed E-state index contributed by atoms with van der Waals surface area (Å²) in [7, 11) is 0. The molecular weight excluding hydrogens is 396 g/mol. The molecule has 7 heteroatoms. The number of aryl methyl sites for hydroxylation is 1. The van der Waals surface area contributed by atoms with Crippen molar-refractivity contribution in [3.05, 3.63) is 29.8 Å². The Kier molecular flexibility index (Phi) is 9.46. The van der Waals surface area contributed by atoms with Gasteiger partial charge in [0, 0.05) is 69.0 Å². The topological polar surface area (TPSA) is 48.1 Å². The van der Waals surface area contributed by atoms with Gasteiger partial charge in [0.25, 0.3) is 0 Å². The largest absolute Gasteiger partial charge is 0.374 e. The second-order valence-electron chi connectivity index (χ2n) is 8.67. The van der Waals surface area contributed by atoms with Gasteiger partial charge < -0.3 is 10.1 Å². The quantitative estimate of drug-likeness (QED) is 0.473. The number of carbonyl (C=O) groups excluding carboxylic acids is 1. The molecule has 6 nitrogen and oxygen atoms in total. The Bertz CT molecular complexity index is 647. The summed E-state index contributed by atoms with van der Waals surface area (Å²) >= 11 is 1.79. The standard InChI is InChI=1S/C23H38N4O2S/c1-19(2)27-13-14-29-21(17-27)16-25-9-11-26(12-10-25)18-23(28)24-8-15-30-22-6-4-20(3)5-7-22/h4-7,19,21H,8-18H2,1-3H3,(H,24,28). The first kappa shape index (κ1) is 23.5. The number of nitrogens with zero attached hydrogens (tertiary/aromatic N) is 3. The Morgan fingerprint density at radius 1 is 1.13 bits per heavy atom. The first-order valence-corrected chi connectivity index (χ1v) is 12.2. The van der Waals surface area contributed by atoms with Crippen LogP contribution in [0.1, 0.15) is 19.4 Å². The van der Waals surface area contributed by atoms with E-state index in [2.05, 4.69) is 65.1 Å². The molecule has 1 aromatic carbocycles. The normalized spacial score (nSPS) is 21.8. The summed E-state index contributed by atoms with van der Waals surface area (Å²) in [6.45, 7) is 15.7. The molecule has 168 valence electrons. The van der Waals surface area contributed by atoms with E-state index >= 15 is 0 Å². The Morgan fingerprint density at radius 2 is 1.83 bits per heavy atom. The molecule has 0 saturated carbocycles. The number of hydrogen-bond acceptors (Lipinski definition) is 6. The van der Waals surface area contributed by atoms with Crippen LogP contribution in [0.3, 0.4) is 0 Å². The predicted molar refractivity (Wildman–Crippen MR) is 124 cm³/mol. The van der Waals surface area contributed by atoms with Crippen LogP contribution in [0.5, 0.6) is 0 Å². The molecular formula is C23H38N4O2S. The van der Waals surface area contributed by atoms with Gasteiger partial charge in [-0.05, 0) is 32.9 Å². The first-order valence-electron chi connectivity index (χ1n) is 11.3. The first-order chi connectivity index (χ1) is 14.5. The average molecular weight is 435 g/mol. The maximum atomic E-state index is 12.3. The highest BCUT2D eigenvalue weighted by Gasteiger charge is 2.26. The van der Waals surface area contributed by atoms with Crippen molar-refractivity contribution in [2.75, 3.05) is 71.3 Å². The van der Waals surface area contributed by atoms with Crippen LogP contribution in [-0.2, 0) is 9.53 Å². The van der Waals surface area contributed by atoms with Gasteiger partial charge in [-0.3, -0.25) is 19.5 Å². The van der Waals surface area contributed by atoms with Crippen molar-refractivity contribution in [2.45, 2.75) is 37.8 Å². The van der Waals surface area contributed by atoms with Crippen LogP contribution in [0.25, 0.3) is 0 Å². The summed E-state index contributed by atoms with van der Waals surface area (Å²) in [5, 5.41) is 3.06. The van der Waals surface area contributed by atoms with Gasteiger partial charge in [-0.25, -0.2) is 0 Å². The number of benzene rings is 1. The van der Waals surface area contributed by atoms with Crippen LogP contribution in [0.15, 0.2) is 29.2 Å². The van der Waals surface area contributed by atoms with Gasteiger partial charge in [-0.1, -0.05) is 17.7 Å². The second-order valence-corrected chi connectivity index (χ2v) is 9.84. The summed E-state index contributed by atoms with van der Waals surface area (Å²) in [5.41, 5.74) is 1.27. The average Bonchev–Trinajstić information content (AvgIpc) is 2.74. The highest BCUT2D eigenvalue weighted by atomic mass is 32.2. The lowest BCUT2D eigenvalue weighted by Crippen LogP contribution is -2.54.